The van der Waals surface area contributed by atoms with Gasteiger partial charge in [0.15, 0.2) is 0 Å². The SMILES string of the molecule is CCCSc1scc(C)c1Br. The molecule has 0 nitrogen and oxygen atoms in total. The first-order valence-electron chi connectivity index (χ1n) is 3.62. The average molecular weight is 251 g/mol. The maximum absolute atomic E-state index is 3.57. The van der Waals surface area contributed by atoms with E-state index >= 15 is 0 Å². The molecule has 3 heteroatoms. The number of thiophene rings is 1. The minimum absolute atomic E-state index is 1.22. The summed E-state index contributed by atoms with van der Waals surface area (Å²) in [6, 6.07) is 0. The van der Waals surface area contributed by atoms with Gasteiger partial charge in [0.05, 0.1) is 4.21 Å². The van der Waals surface area contributed by atoms with E-state index in [4.69, 9.17) is 0 Å². The van der Waals surface area contributed by atoms with E-state index < -0.39 is 0 Å². The Bertz CT molecular complexity index is 230. The standard InChI is InChI=1S/C8H11BrS2/c1-3-4-10-8-7(9)6(2)5-11-8/h5H,3-4H2,1-2H3. The third-order valence-electron chi connectivity index (χ3n) is 1.31. The van der Waals surface area contributed by atoms with Crippen molar-refractivity contribution in [1.82, 2.24) is 0 Å². The van der Waals surface area contributed by atoms with E-state index in [2.05, 4.69) is 35.2 Å². The minimum atomic E-state index is 1.22. The Balaban J connectivity index is 2.63. The van der Waals surface area contributed by atoms with E-state index in [1.807, 2.05) is 23.1 Å². The molecule has 0 aliphatic rings. The highest BCUT2D eigenvalue weighted by Crippen LogP contribution is 2.36. The number of thioether (sulfide) groups is 1. The van der Waals surface area contributed by atoms with Crippen LogP contribution in [-0.4, -0.2) is 5.75 Å². The number of aryl methyl sites for hydroxylation is 1. The molecule has 0 amide bonds. The van der Waals surface area contributed by atoms with Crippen LogP contribution in [0.25, 0.3) is 0 Å². The van der Waals surface area contributed by atoms with Crippen LogP contribution in [0.1, 0.15) is 18.9 Å². The van der Waals surface area contributed by atoms with Gasteiger partial charge < -0.3 is 0 Å². The third kappa shape index (κ3) is 2.49. The maximum Gasteiger partial charge on any atom is 0.0743 e. The van der Waals surface area contributed by atoms with Crippen molar-refractivity contribution in [3.8, 4) is 0 Å². The van der Waals surface area contributed by atoms with Gasteiger partial charge in [-0.2, -0.15) is 0 Å². The van der Waals surface area contributed by atoms with Gasteiger partial charge in [0.1, 0.15) is 0 Å². The zero-order chi connectivity index (χ0) is 8.27. The molecular formula is C8H11BrS2. The molecule has 1 heterocycles. The summed E-state index contributed by atoms with van der Waals surface area (Å²) < 4.78 is 2.71. The molecule has 1 aromatic rings. The third-order valence-corrected chi connectivity index (χ3v) is 5.46. The Morgan fingerprint density at radius 3 is 2.82 bits per heavy atom. The molecule has 1 aromatic heterocycles. The molecule has 0 atom stereocenters. The van der Waals surface area contributed by atoms with Gasteiger partial charge in [-0.25, -0.2) is 0 Å². The predicted octanol–water partition coefficient (Wildman–Crippen LogP) is 4.32. The van der Waals surface area contributed by atoms with Crippen LogP contribution in [-0.2, 0) is 0 Å². The van der Waals surface area contributed by atoms with Crippen molar-refractivity contribution >= 4 is 39.0 Å². The average Bonchev–Trinajstić information content (AvgIpc) is 2.31. The van der Waals surface area contributed by atoms with Gasteiger partial charge in [-0.3, -0.25) is 0 Å². The molecule has 0 aromatic carbocycles. The van der Waals surface area contributed by atoms with Gasteiger partial charge in [0.2, 0.25) is 0 Å². The van der Waals surface area contributed by atoms with Gasteiger partial charge in [-0.05, 0) is 46.0 Å². The topological polar surface area (TPSA) is 0 Å². The highest BCUT2D eigenvalue weighted by molar-refractivity contribution is 9.10. The molecule has 0 aliphatic heterocycles. The van der Waals surface area contributed by atoms with Crippen LogP contribution in [0.4, 0.5) is 0 Å². The van der Waals surface area contributed by atoms with Crippen molar-refractivity contribution in [2.45, 2.75) is 24.5 Å². The molecule has 0 bridgehead atoms. The largest absolute Gasteiger partial charge is 0.136 e. The molecule has 0 aliphatic carbocycles. The van der Waals surface area contributed by atoms with E-state index in [0.717, 1.165) is 0 Å². The Morgan fingerprint density at radius 2 is 2.36 bits per heavy atom. The summed E-state index contributed by atoms with van der Waals surface area (Å²) in [5.74, 6) is 1.22. The summed E-state index contributed by atoms with van der Waals surface area (Å²) >= 11 is 7.34. The fraction of sp³-hybridized carbons (Fsp3) is 0.500. The van der Waals surface area contributed by atoms with E-state index in [0.29, 0.717) is 0 Å². The summed E-state index contributed by atoms with van der Waals surface area (Å²) in [7, 11) is 0. The minimum Gasteiger partial charge on any atom is -0.136 e. The van der Waals surface area contributed by atoms with Gasteiger partial charge in [0.25, 0.3) is 0 Å². The van der Waals surface area contributed by atoms with Crippen LogP contribution < -0.4 is 0 Å². The van der Waals surface area contributed by atoms with E-state index in [1.54, 1.807) is 0 Å². The van der Waals surface area contributed by atoms with Crippen LogP contribution in [0.3, 0.4) is 0 Å². The second-order valence-electron chi connectivity index (χ2n) is 2.37. The Labute approximate surface area is 84.5 Å². The predicted molar refractivity (Wildman–Crippen MR) is 57.8 cm³/mol. The second-order valence-corrected chi connectivity index (χ2v) is 5.40. The van der Waals surface area contributed by atoms with E-state index in [1.165, 1.54) is 26.4 Å². The molecule has 62 valence electrons. The number of hydrogen-bond acceptors (Lipinski definition) is 2. The normalized spacial score (nSPS) is 10.5. The van der Waals surface area contributed by atoms with Gasteiger partial charge >= 0.3 is 0 Å². The number of halogens is 1. The van der Waals surface area contributed by atoms with Crippen LogP contribution in [0.15, 0.2) is 14.1 Å². The first-order valence-corrected chi connectivity index (χ1v) is 6.28. The second kappa shape index (κ2) is 4.53. The smallest absolute Gasteiger partial charge is 0.0743 e. The quantitative estimate of drug-likeness (QED) is 0.721. The monoisotopic (exact) mass is 250 g/mol. The van der Waals surface area contributed by atoms with Crippen molar-refractivity contribution in [3.63, 3.8) is 0 Å². The molecule has 0 fully saturated rings. The molecule has 0 saturated carbocycles. The van der Waals surface area contributed by atoms with Gasteiger partial charge in [-0.1, -0.05) is 6.92 Å². The highest BCUT2D eigenvalue weighted by atomic mass is 79.9. The molecule has 11 heavy (non-hydrogen) atoms. The zero-order valence-corrected chi connectivity index (χ0v) is 9.91. The van der Waals surface area contributed by atoms with Crippen LogP contribution in [0.5, 0.6) is 0 Å². The number of rotatable bonds is 3. The summed E-state index contributed by atoms with van der Waals surface area (Å²) in [5, 5.41) is 2.20. The summed E-state index contributed by atoms with van der Waals surface area (Å²) in [6.07, 6.45) is 1.24. The zero-order valence-electron chi connectivity index (χ0n) is 6.69. The van der Waals surface area contributed by atoms with Crippen molar-refractivity contribution in [2.24, 2.45) is 0 Å². The Kier molecular flexibility index (Phi) is 3.96. The Morgan fingerprint density at radius 1 is 1.64 bits per heavy atom. The highest BCUT2D eigenvalue weighted by Gasteiger charge is 2.04. The first-order chi connectivity index (χ1) is 5.25. The molecule has 0 radical (unpaired) electrons. The lowest BCUT2D eigenvalue weighted by atomic mass is 10.4. The van der Waals surface area contributed by atoms with E-state index in [-0.39, 0.29) is 0 Å². The lowest BCUT2D eigenvalue weighted by Gasteiger charge is -1.95. The fourth-order valence-corrected chi connectivity index (χ4v) is 3.60. The Hall–Kier alpha value is 0.530. The molecule has 0 unspecified atom stereocenters. The van der Waals surface area contributed by atoms with Gasteiger partial charge in [-0.15, -0.1) is 23.1 Å². The molecule has 0 N–H and O–H groups in total. The van der Waals surface area contributed by atoms with Crippen LogP contribution in [0.2, 0.25) is 0 Å². The lowest BCUT2D eigenvalue weighted by Crippen LogP contribution is -1.72. The van der Waals surface area contributed by atoms with Crippen molar-refractivity contribution in [1.29, 1.82) is 0 Å². The molecule has 0 saturated heterocycles. The number of hydrogen-bond donors (Lipinski definition) is 0. The first kappa shape index (κ1) is 9.62. The van der Waals surface area contributed by atoms with Crippen molar-refractivity contribution in [2.75, 3.05) is 5.75 Å². The maximum atomic E-state index is 3.57. The fourth-order valence-electron chi connectivity index (χ4n) is 0.699. The van der Waals surface area contributed by atoms with Crippen molar-refractivity contribution < 1.29 is 0 Å². The molecule has 0 spiro atoms. The molecule has 1 rings (SSSR count). The molecular weight excluding hydrogens is 240 g/mol. The van der Waals surface area contributed by atoms with Gasteiger partial charge in [0, 0.05) is 4.47 Å². The summed E-state index contributed by atoms with van der Waals surface area (Å²) in [4.78, 5) is 0. The van der Waals surface area contributed by atoms with E-state index in [9.17, 15) is 0 Å². The summed E-state index contributed by atoms with van der Waals surface area (Å²) in [5.41, 5.74) is 1.36. The van der Waals surface area contributed by atoms with Crippen LogP contribution in [0, 0.1) is 6.92 Å². The van der Waals surface area contributed by atoms with Crippen molar-refractivity contribution in [3.05, 3.63) is 15.4 Å². The van der Waals surface area contributed by atoms with Crippen LogP contribution >= 0.6 is 39.0 Å². The lowest BCUT2D eigenvalue weighted by molar-refractivity contribution is 1.11. The summed E-state index contributed by atoms with van der Waals surface area (Å²) in [6.45, 7) is 4.35.